The van der Waals surface area contributed by atoms with Gasteiger partial charge in [-0.05, 0) is 89.9 Å². The van der Waals surface area contributed by atoms with E-state index in [0.717, 1.165) is 96.3 Å². The van der Waals surface area contributed by atoms with E-state index in [2.05, 4.69) is 86.8 Å². The third-order valence-electron chi connectivity index (χ3n) is 13.0. The summed E-state index contributed by atoms with van der Waals surface area (Å²) in [6.07, 6.45) is 57.0. The molecule has 0 aliphatic carbocycles. The number of carbonyl (C=O) groups excluding carboxylic acids is 2. The Labute approximate surface area is 449 Å². The second-order valence-electron chi connectivity index (χ2n) is 19.7. The Bertz CT molecular complexity index is 1610. The van der Waals surface area contributed by atoms with Crippen LogP contribution in [0.4, 0.5) is 0 Å². The summed E-state index contributed by atoms with van der Waals surface area (Å²) in [5, 5.41) is 56.8. The van der Waals surface area contributed by atoms with Crippen LogP contribution in [-0.2, 0) is 23.8 Å². The standard InChI is InChI=1S/C63H105NO10/c1-4-7-10-13-16-19-22-25-26-27-28-29-30-31-33-35-38-41-44-47-50-56(67)62(71)64-54(55(66)49-46-43-40-37-34-24-21-18-15-12-9-6-3)53-72-63-61(60(70)59(69)57(52-65)73-63)74-58(68)51-48-45-42-39-36-32-23-20-17-14-11-8-5-2/h8,11,14,16-17,19-20,23,25-26,28-29,31-33,36,46,49,54-57,59-61,63,65-67,69-70H,4-7,9-10,12-13,15,18,21-22,24,27,30,34-35,37-45,47-48,50-53H2,1-3H3,(H,64,71)/b11-8+,17-14+,19-16-,23-20-,26-25-,29-28-,33-31-,36-32-,49-46+. The molecule has 1 saturated heterocycles. The van der Waals surface area contributed by atoms with E-state index in [1.165, 1.54) is 70.6 Å². The van der Waals surface area contributed by atoms with Gasteiger partial charge in [-0.2, -0.15) is 0 Å². The van der Waals surface area contributed by atoms with E-state index in [1.54, 1.807) is 6.08 Å². The lowest BCUT2D eigenvalue weighted by molar-refractivity contribution is -0.305. The molecule has 1 fully saturated rings. The molecule has 74 heavy (non-hydrogen) atoms. The second kappa shape index (κ2) is 50.2. The first-order chi connectivity index (χ1) is 36.2. The Morgan fingerprint density at radius 1 is 0.554 bits per heavy atom. The molecule has 6 N–H and O–H groups in total. The number of aliphatic hydroxyl groups is 5. The number of nitrogens with one attached hydrogen (secondary N) is 1. The lowest BCUT2D eigenvalue weighted by atomic mass is 9.99. The fourth-order valence-electron chi connectivity index (χ4n) is 8.35. The summed E-state index contributed by atoms with van der Waals surface area (Å²) in [7, 11) is 0. The smallest absolute Gasteiger partial charge is 0.306 e. The van der Waals surface area contributed by atoms with Gasteiger partial charge in [-0.1, -0.05) is 226 Å². The number of aliphatic hydroxyl groups excluding tert-OH is 5. The van der Waals surface area contributed by atoms with Crippen molar-refractivity contribution < 1.29 is 49.3 Å². The van der Waals surface area contributed by atoms with Gasteiger partial charge in [0.15, 0.2) is 12.4 Å². The molecule has 1 amide bonds. The predicted molar refractivity (Wildman–Crippen MR) is 305 cm³/mol. The molecule has 1 aliphatic rings. The highest BCUT2D eigenvalue weighted by molar-refractivity contribution is 5.80. The van der Waals surface area contributed by atoms with Crippen molar-refractivity contribution in [2.24, 2.45) is 0 Å². The number of hydrogen-bond acceptors (Lipinski definition) is 10. The van der Waals surface area contributed by atoms with Gasteiger partial charge in [0.2, 0.25) is 5.91 Å². The fourth-order valence-corrected chi connectivity index (χ4v) is 8.35. The van der Waals surface area contributed by atoms with Gasteiger partial charge in [0.1, 0.15) is 24.4 Å². The van der Waals surface area contributed by atoms with Gasteiger partial charge in [0.05, 0.1) is 25.4 Å². The predicted octanol–water partition coefficient (Wildman–Crippen LogP) is 13.3. The van der Waals surface area contributed by atoms with Crippen molar-refractivity contribution in [3.8, 4) is 0 Å². The highest BCUT2D eigenvalue weighted by atomic mass is 16.7. The van der Waals surface area contributed by atoms with E-state index in [0.29, 0.717) is 12.8 Å². The van der Waals surface area contributed by atoms with Crippen LogP contribution >= 0.6 is 0 Å². The summed E-state index contributed by atoms with van der Waals surface area (Å²) in [6, 6.07) is -1.05. The van der Waals surface area contributed by atoms with E-state index in [1.807, 2.05) is 42.5 Å². The Morgan fingerprint density at radius 3 is 1.61 bits per heavy atom. The zero-order valence-corrected chi connectivity index (χ0v) is 46.4. The van der Waals surface area contributed by atoms with Crippen molar-refractivity contribution >= 4 is 11.9 Å². The summed E-state index contributed by atoms with van der Waals surface area (Å²) in [4.78, 5) is 26.4. The number of carbonyl (C=O) groups is 2. The largest absolute Gasteiger partial charge is 0.454 e. The summed E-state index contributed by atoms with van der Waals surface area (Å²) < 4.78 is 17.5. The maximum atomic E-state index is 13.4. The Morgan fingerprint density at radius 2 is 1.03 bits per heavy atom. The van der Waals surface area contributed by atoms with Gasteiger partial charge in [0.25, 0.3) is 0 Å². The van der Waals surface area contributed by atoms with Crippen molar-refractivity contribution in [3.05, 3.63) is 109 Å². The highest BCUT2D eigenvalue weighted by Gasteiger charge is 2.47. The molecule has 8 unspecified atom stereocenters. The van der Waals surface area contributed by atoms with Crippen molar-refractivity contribution in [1.29, 1.82) is 0 Å². The highest BCUT2D eigenvalue weighted by Crippen LogP contribution is 2.26. The van der Waals surface area contributed by atoms with Crippen LogP contribution < -0.4 is 5.32 Å². The fraction of sp³-hybridized carbons (Fsp3) is 0.683. The second-order valence-corrected chi connectivity index (χ2v) is 19.7. The Kier molecular flexibility index (Phi) is 46.3. The van der Waals surface area contributed by atoms with Crippen LogP contribution in [0.5, 0.6) is 0 Å². The molecular formula is C63H105NO10. The summed E-state index contributed by atoms with van der Waals surface area (Å²) >= 11 is 0. The molecule has 0 spiro atoms. The monoisotopic (exact) mass is 1040 g/mol. The molecule has 0 aromatic heterocycles. The van der Waals surface area contributed by atoms with Crippen molar-refractivity contribution in [1.82, 2.24) is 5.32 Å². The van der Waals surface area contributed by atoms with Crippen LogP contribution in [0, 0.1) is 0 Å². The SMILES string of the molecule is CC/C=C/C=C/C=C\C=C/CCCCCC(=O)OC1C(OCC(NC(=O)C(O)CCCCCC/C=C\C/C=C\C/C=C\C/C=C\CCCCC)C(O)/C=C/CCCCCCCCCCCC)OC(CO)C(O)C1O. The van der Waals surface area contributed by atoms with Crippen LogP contribution in [-0.4, -0.2) is 99.6 Å². The van der Waals surface area contributed by atoms with Crippen LogP contribution in [0.2, 0.25) is 0 Å². The molecule has 0 aromatic rings. The lowest BCUT2D eigenvalue weighted by Crippen LogP contribution is -2.61. The third-order valence-corrected chi connectivity index (χ3v) is 13.0. The minimum Gasteiger partial charge on any atom is -0.454 e. The molecular weight excluding hydrogens is 931 g/mol. The molecule has 11 nitrogen and oxygen atoms in total. The van der Waals surface area contributed by atoms with Gasteiger partial charge in [0, 0.05) is 6.42 Å². The minimum absolute atomic E-state index is 0.0691. The van der Waals surface area contributed by atoms with Crippen LogP contribution in [0.15, 0.2) is 109 Å². The van der Waals surface area contributed by atoms with Gasteiger partial charge in [-0.3, -0.25) is 9.59 Å². The number of amides is 1. The maximum absolute atomic E-state index is 13.4. The van der Waals surface area contributed by atoms with E-state index in [-0.39, 0.29) is 19.4 Å². The summed E-state index contributed by atoms with van der Waals surface area (Å²) in [5.74, 6) is -1.26. The summed E-state index contributed by atoms with van der Waals surface area (Å²) in [6.45, 7) is 5.55. The van der Waals surface area contributed by atoms with Gasteiger partial charge < -0.3 is 45.1 Å². The number of ether oxygens (including phenoxy) is 3. The number of unbranched alkanes of at least 4 members (excludes halogenated alkanes) is 20. The summed E-state index contributed by atoms with van der Waals surface area (Å²) in [5.41, 5.74) is 0. The Balaban J connectivity index is 2.75. The number of allylic oxidation sites excluding steroid dienone is 17. The van der Waals surface area contributed by atoms with Gasteiger partial charge >= 0.3 is 5.97 Å². The first-order valence-corrected chi connectivity index (χ1v) is 29.2. The van der Waals surface area contributed by atoms with Crippen molar-refractivity contribution in [2.45, 2.75) is 262 Å². The van der Waals surface area contributed by atoms with E-state index >= 15 is 0 Å². The molecule has 0 radical (unpaired) electrons. The molecule has 1 rings (SSSR count). The normalized spacial score (nSPS) is 20.1. The Hall–Kier alpha value is -3.68. The molecule has 1 heterocycles. The van der Waals surface area contributed by atoms with Crippen molar-refractivity contribution in [2.75, 3.05) is 13.2 Å². The number of esters is 1. The molecule has 0 bridgehead atoms. The molecule has 0 saturated carbocycles. The lowest BCUT2D eigenvalue weighted by Gasteiger charge is -2.41. The molecule has 1 aliphatic heterocycles. The first-order valence-electron chi connectivity index (χ1n) is 29.2. The van der Waals surface area contributed by atoms with E-state index < -0.39 is 67.4 Å². The topological polar surface area (TPSA) is 175 Å². The zero-order chi connectivity index (χ0) is 54.0. The van der Waals surface area contributed by atoms with E-state index in [9.17, 15) is 35.1 Å². The maximum Gasteiger partial charge on any atom is 0.306 e. The number of hydrogen-bond donors (Lipinski definition) is 6. The van der Waals surface area contributed by atoms with Crippen molar-refractivity contribution in [3.63, 3.8) is 0 Å². The van der Waals surface area contributed by atoms with Crippen LogP contribution in [0.25, 0.3) is 0 Å². The van der Waals surface area contributed by atoms with Crippen LogP contribution in [0.3, 0.4) is 0 Å². The van der Waals surface area contributed by atoms with Crippen LogP contribution in [0.1, 0.15) is 213 Å². The molecule has 422 valence electrons. The average Bonchev–Trinajstić information content (AvgIpc) is 3.40. The van der Waals surface area contributed by atoms with E-state index in [4.69, 9.17) is 14.2 Å². The zero-order valence-electron chi connectivity index (χ0n) is 46.4. The molecule has 0 aromatic carbocycles. The third kappa shape index (κ3) is 38.0. The quantitative estimate of drug-likeness (QED) is 0.0149. The first kappa shape index (κ1) is 68.3. The van der Waals surface area contributed by atoms with Gasteiger partial charge in [-0.25, -0.2) is 0 Å². The van der Waals surface area contributed by atoms with Gasteiger partial charge in [-0.15, -0.1) is 0 Å². The average molecular weight is 1040 g/mol. The molecule has 8 atom stereocenters. The minimum atomic E-state index is -1.64. The number of rotatable bonds is 47. The molecule has 11 heteroatoms.